The molecule has 0 N–H and O–H groups in total. The second kappa shape index (κ2) is 12.0. The predicted molar refractivity (Wildman–Crippen MR) is 44.6 cm³/mol. The molecular formula is C8H14MgO. The minimum atomic E-state index is 0. The molecule has 0 spiro atoms. The fraction of sp³-hybridized carbons (Fsp3) is 0.625. The van der Waals surface area contributed by atoms with E-state index in [1.165, 1.54) is 32.1 Å². The minimum Gasteiger partial charge on any atom is -0.343 e. The minimum absolute atomic E-state index is 0. The molecule has 0 amide bonds. The van der Waals surface area contributed by atoms with Crippen LogP contribution in [0.25, 0.3) is 0 Å². The third-order valence-corrected chi connectivity index (χ3v) is 1.32. The number of carbonyl (C=O) groups is 1. The number of hydrogen-bond donors (Lipinski definition) is 0. The van der Waals surface area contributed by atoms with Crippen molar-refractivity contribution < 1.29 is 4.79 Å². The summed E-state index contributed by atoms with van der Waals surface area (Å²) in [6.45, 7) is 2.81. The van der Waals surface area contributed by atoms with Crippen molar-refractivity contribution in [1.29, 1.82) is 0 Å². The van der Waals surface area contributed by atoms with E-state index in [9.17, 15) is 0 Å². The molecule has 1 aliphatic rings. The van der Waals surface area contributed by atoms with Crippen molar-refractivity contribution >= 4 is 29.3 Å². The zero-order valence-corrected chi connectivity index (χ0v) is 7.93. The van der Waals surface area contributed by atoms with E-state index in [4.69, 9.17) is 4.79 Å². The standard InChI is InChI=1S/C6H11.C2H3O.Mg/c1-2-4-6-5-3-1;1-2-3;/h1H,2-6H2;2H,1H2;/q2*-1;+2. The summed E-state index contributed by atoms with van der Waals surface area (Å²) < 4.78 is 0. The molecule has 0 atom stereocenters. The van der Waals surface area contributed by atoms with Crippen molar-refractivity contribution in [3.63, 3.8) is 0 Å². The average molecular weight is 151 g/mol. The molecule has 1 rings (SSSR count). The van der Waals surface area contributed by atoms with Gasteiger partial charge in [0.05, 0.1) is 0 Å². The average Bonchev–Trinajstić information content (AvgIpc) is 1.93. The quantitative estimate of drug-likeness (QED) is 0.292. The Hall–Kier alpha value is 0.306. The molecule has 0 radical (unpaired) electrons. The summed E-state index contributed by atoms with van der Waals surface area (Å²) in [4.78, 5) is 8.69. The molecule has 0 aromatic heterocycles. The molecule has 2 heteroatoms. The van der Waals surface area contributed by atoms with Crippen LogP contribution >= 0.6 is 0 Å². The van der Waals surface area contributed by atoms with Crippen LogP contribution in [0.3, 0.4) is 0 Å². The van der Waals surface area contributed by atoms with Gasteiger partial charge in [0.15, 0.2) is 0 Å². The topological polar surface area (TPSA) is 17.1 Å². The van der Waals surface area contributed by atoms with Crippen LogP contribution < -0.4 is 0 Å². The third kappa shape index (κ3) is 11.1. The van der Waals surface area contributed by atoms with Crippen molar-refractivity contribution in [2.24, 2.45) is 0 Å². The first-order valence-electron chi connectivity index (χ1n) is 3.46. The fourth-order valence-electron chi connectivity index (χ4n) is 0.898. The van der Waals surface area contributed by atoms with E-state index in [0.717, 1.165) is 0 Å². The molecular weight excluding hydrogens is 136 g/mol. The maximum atomic E-state index is 8.69. The Morgan fingerprint density at radius 3 is 1.70 bits per heavy atom. The summed E-state index contributed by atoms with van der Waals surface area (Å²) in [5, 5.41) is 0. The Morgan fingerprint density at radius 1 is 1.20 bits per heavy atom. The molecule has 0 aromatic carbocycles. The van der Waals surface area contributed by atoms with E-state index in [-0.39, 0.29) is 23.1 Å². The smallest absolute Gasteiger partial charge is 0.343 e. The number of rotatable bonds is 0. The van der Waals surface area contributed by atoms with Gasteiger partial charge in [-0.15, -0.1) is 0 Å². The summed E-state index contributed by atoms with van der Waals surface area (Å²) >= 11 is 0. The SMILES string of the molecule is [CH-]1CCCCC1.[CH2-]C=O.[Mg+2]. The molecule has 0 aliphatic heterocycles. The van der Waals surface area contributed by atoms with E-state index in [2.05, 4.69) is 13.3 Å². The van der Waals surface area contributed by atoms with Gasteiger partial charge in [-0.1, -0.05) is 19.3 Å². The molecule has 0 saturated heterocycles. The van der Waals surface area contributed by atoms with Gasteiger partial charge in [0.2, 0.25) is 0 Å². The van der Waals surface area contributed by atoms with Crippen molar-refractivity contribution in [1.82, 2.24) is 0 Å². The second-order valence-corrected chi connectivity index (χ2v) is 2.09. The van der Waals surface area contributed by atoms with Gasteiger partial charge < -0.3 is 18.1 Å². The summed E-state index contributed by atoms with van der Waals surface area (Å²) in [7, 11) is 0. The molecule has 0 aromatic rings. The largest absolute Gasteiger partial charge is 2.00 e. The van der Waals surface area contributed by atoms with Gasteiger partial charge in [-0.3, -0.25) is 0 Å². The van der Waals surface area contributed by atoms with Crippen LogP contribution in [0.1, 0.15) is 32.1 Å². The summed E-state index contributed by atoms with van der Waals surface area (Å²) in [5.74, 6) is 0. The number of hydrogen-bond acceptors (Lipinski definition) is 1. The van der Waals surface area contributed by atoms with E-state index >= 15 is 0 Å². The van der Waals surface area contributed by atoms with Crippen LogP contribution in [0.4, 0.5) is 0 Å². The third-order valence-electron chi connectivity index (χ3n) is 1.32. The zero-order valence-electron chi connectivity index (χ0n) is 6.51. The van der Waals surface area contributed by atoms with Gasteiger partial charge in [-0.05, 0) is 6.29 Å². The van der Waals surface area contributed by atoms with Gasteiger partial charge >= 0.3 is 23.1 Å². The first-order chi connectivity index (χ1) is 4.41. The van der Waals surface area contributed by atoms with Gasteiger partial charge in [-0.25, -0.2) is 0 Å². The Morgan fingerprint density at radius 2 is 1.60 bits per heavy atom. The Balaban J connectivity index is 0. The number of aldehydes is 1. The molecule has 1 aliphatic carbocycles. The van der Waals surface area contributed by atoms with Crippen molar-refractivity contribution in [3.8, 4) is 0 Å². The van der Waals surface area contributed by atoms with Crippen LogP contribution in [0.2, 0.25) is 0 Å². The molecule has 1 fully saturated rings. The van der Waals surface area contributed by atoms with Crippen LogP contribution in [-0.2, 0) is 4.79 Å². The molecule has 1 saturated carbocycles. The monoisotopic (exact) mass is 150 g/mol. The Labute approximate surface area is 79.7 Å². The molecule has 1 nitrogen and oxygen atoms in total. The first kappa shape index (κ1) is 12.9. The zero-order chi connectivity index (χ0) is 6.95. The van der Waals surface area contributed by atoms with Crippen LogP contribution in [0, 0.1) is 13.3 Å². The second-order valence-electron chi connectivity index (χ2n) is 2.09. The summed E-state index contributed by atoms with van der Waals surface area (Å²) in [6.07, 6.45) is 10.0. The molecule has 0 bridgehead atoms. The van der Waals surface area contributed by atoms with E-state index in [0.29, 0.717) is 6.29 Å². The van der Waals surface area contributed by atoms with E-state index < -0.39 is 0 Å². The van der Waals surface area contributed by atoms with E-state index in [1.54, 1.807) is 0 Å². The van der Waals surface area contributed by atoms with Crippen LogP contribution in [0.15, 0.2) is 0 Å². The van der Waals surface area contributed by atoms with Gasteiger partial charge in [0.25, 0.3) is 0 Å². The number of carbonyl (C=O) groups excluding carboxylic acids is 1. The van der Waals surface area contributed by atoms with E-state index in [1.807, 2.05) is 0 Å². The molecule has 10 heavy (non-hydrogen) atoms. The summed E-state index contributed by atoms with van der Waals surface area (Å²) in [6, 6.07) is 0. The molecule has 54 valence electrons. The maximum absolute atomic E-state index is 8.69. The van der Waals surface area contributed by atoms with Crippen molar-refractivity contribution in [2.75, 3.05) is 0 Å². The first-order valence-corrected chi connectivity index (χ1v) is 3.46. The van der Waals surface area contributed by atoms with Gasteiger partial charge in [0.1, 0.15) is 0 Å². The van der Waals surface area contributed by atoms with Crippen LogP contribution in [0.5, 0.6) is 0 Å². The van der Waals surface area contributed by atoms with Crippen molar-refractivity contribution in [2.45, 2.75) is 32.1 Å². The fourth-order valence-corrected chi connectivity index (χ4v) is 0.898. The Kier molecular flexibility index (Phi) is 15.6. The van der Waals surface area contributed by atoms with Crippen molar-refractivity contribution in [3.05, 3.63) is 13.3 Å². The maximum Gasteiger partial charge on any atom is 2.00 e. The van der Waals surface area contributed by atoms with Gasteiger partial charge in [0, 0.05) is 0 Å². The van der Waals surface area contributed by atoms with Gasteiger partial charge in [-0.2, -0.15) is 12.8 Å². The Bertz CT molecular complexity index is 48.8. The molecule has 0 unspecified atom stereocenters. The normalized spacial score (nSPS) is 15.6. The predicted octanol–water partition coefficient (Wildman–Crippen LogP) is 1.79. The molecule has 0 heterocycles. The summed E-state index contributed by atoms with van der Waals surface area (Å²) in [5.41, 5.74) is 0. The van der Waals surface area contributed by atoms with Crippen LogP contribution in [-0.4, -0.2) is 29.3 Å².